The van der Waals surface area contributed by atoms with E-state index in [4.69, 9.17) is 4.74 Å². The lowest BCUT2D eigenvalue weighted by Crippen LogP contribution is -2.37. The fraction of sp³-hybridized carbons (Fsp3) is 0.350. The van der Waals surface area contributed by atoms with Crippen LogP contribution in [0.5, 0.6) is 5.75 Å². The maximum absolute atomic E-state index is 12.5. The molecule has 0 saturated heterocycles. The summed E-state index contributed by atoms with van der Waals surface area (Å²) >= 11 is 0. The van der Waals surface area contributed by atoms with Crippen LogP contribution in [0.1, 0.15) is 22.5 Å². The van der Waals surface area contributed by atoms with Crippen molar-refractivity contribution in [2.24, 2.45) is 0 Å². The number of ether oxygens (including phenoxy) is 1. The van der Waals surface area contributed by atoms with E-state index in [1.165, 1.54) is 0 Å². The molecular formula is C20H25N5O2. The molecule has 0 aliphatic heterocycles. The zero-order valence-corrected chi connectivity index (χ0v) is 16.2. The van der Waals surface area contributed by atoms with Gasteiger partial charge in [0.05, 0.1) is 12.8 Å². The summed E-state index contributed by atoms with van der Waals surface area (Å²) in [6, 6.07) is 7.64. The average Bonchev–Trinajstić information content (AvgIpc) is 3.00. The highest BCUT2D eigenvalue weighted by Crippen LogP contribution is 2.27. The predicted molar refractivity (Wildman–Crippen MR) is 105 cm³/mol. The minimum atomic E-state index is -0.110. The molecule has 0 radical (unpaired) electrons. The summed E-state index contributed by atoms with van der Waals surface area (Å²) in [5.41, 5.74) is 5.01. The summed E-state index contributed by atoms with van der Waals surface area (Å²) in [5.74, 6) is 0.729. The first-order valence-electron chi connectivity index (χ1n) is 8.91. The Morgan fingerprint density at radius 3 is 2.81 bits per heavy atom. The van der Waals surface area contributed by atoms with Gasteiger partial charge in [-0.25, -0.2) is 4.79 Å². The van der Waals surface area contributed by atoms with Crippen molar-refractivity contribution < 1.29 is 9.53 Å². The first-order valence-corrected chi connectivity index (χ1v) is 8.91. The number of aryl methyl sites for hydroxylation is 2. The van der Waals surface area contributed by atoms with E-state index in [0.29, 0.717) is 13.1 Å². The van der Waals surface area contributed by atoms with Crippen molar-refractivity contribution in [3.63, 3.8) is 0 Å². The Bertz CT molecular complexity index is 931. The normalized spacial score (nSPS) is 10.8. The molecule has 0 spiro atoms. The number of carbonyl (C=O) groups excluding carboxylic acids is 1. The Morgan fingerprint density at radius 2 is 2.11 bits per heavy atom. The van der Waals surface area contributed by atoms with Crippen LogP contribution in [0.2, 0.25) is 0 Å². The third-order valence-corrected chi connectivity index (χ3v) is 4.73. The lowest BCUT2D eigenvalue weighted by atomic mass is 10.1. The molecule has 7 nitrogen and oxygen atoms in total. The van der Waals surface area contributed by atoms with Gasteiger partial charge in [0.15, 0.2) is 0 Å². The van der Waals surface area contributed by atoms with E-state index in [1.54, 1.807) is 25.3 Å². The smallest absolute Gasteiger partial charge is 0.317 e. The Hall–Kier alpha value is -3.09. The van der Waals surface area contributed by atoms with Crippen LogP contribution < -0.4 is 10.1 Å². The van der Waals surface area contributed by atoms with Crippen molar-refractivity contribution in [1.29, 1.82) is 0 Å². The monoisotopic (exact) mass is 367 g/mol. The fourth-order valence-electron chi connectivity index (χ4n) is 3.21. The lowest BCUT2D eigenvalue weighted by Gasteiger charge is -2.19. The van der Waals surface area contributed by atoms with Crippen molar-refractivity contribution in [3.05, 3.63) is 53.0 Å². The molecule has 2 N–H and O–H groups in total. The summed E-state index contributed by atoms with van der Waals surface area (Å²) in [6.45, 7) is 5.01. The second-order valence-corrected chi connectivity index (χ2v) is 6.58. The Balaban J connectivity index is 1.64. The number of rotatable bonds is 6. The number of aromatic nitrogens is 3. The summed E-state index contributed by atoms with van der Waals surface area (Å²) in [7, 11) is 3.42. The van der Waals surface area contributed by atoms with Gasteiger partial charge in [0.25, 0.3) is 0 Å². The first kappa shape index (κ1) is 18.7. The molecule has 2 heterocycles. The number of hydrogen-bond donors (Lipinski definition) is 2. The molecule has 3 rings (SSSR count). The van der Waals surface area contributed by atoms with E-state index in [-0.39, 0.29) is 6.03 Å². The highest BCUT2D eigenvalue weighted by Gasteiger charge is 2.13. The summed E-state index contributed by atoms with van der Waals surface area (Å²) in [6.07, 6.45) is 2.49. The molecule has 2 amide bonds. The van der Waals surface area contributed by atoms with E-state index in [2.05, 4.69) is 20.5 Å². The topological polar surface area (TPSA) is 83.1 Å². The van der Waals surface area contributed by atoms with Crippen LogP contribution in [0.15, 0.2) is 30.5 Å². The van der Waals surface area contributed by atoms with Crippen molar-refractivity contribution in [1.82, 2.24) is 25.4 Å². The SMILES string of the molecule is COc1ccc(CN(C)C(=O)NCCc2c(C)n[nH]c2C)c2cccnc12. The Morgan fingerprint density at radius 1 is 1.30 bits per heavy atom. The molecule has 0 aliphatic carbocycles. The van der Waals surface area contributed by atoms with Crippen molar-refractivity contribution in [2.75, 3.05) is 20.7 Å². The number of fused-ring (bicyclic) bond motifs is 1. The molecule has 0 unspecified atom stereocenters. The number of aromatic amines is 1. The largest absolute Gasteiger partial charge is 0.494 e. The van der Waals surface area contributed by atoms with Crippen LogP contribution in [0, 0.1) is 13.8 Å². The van der Waals surface area contributed by atoms with Crippen LogP contribution in [0.25, 0.3) is 10.9 Å². The molecule has 0 fully saturated rings. The van der Waals surface area contributed by atoms with Crippen LogP contribution in [0.4, 0.5) is 4.79 Å². The number of methoxy groups -OCH3 is 1. The highest BCUT2D eigenvalue weighted by molar-refractivity contribution is 5.87. The van der Waals surface area contributed by atoms with Crippen LogP contribution in [-0.4, -0.2) is 46.8 Å². The van der Waals surface area contributed by atoms with Crippen molar-refractivity contribution in [3.8, 4) is 5.75 Å². The van der Waals surface area contributed by atoms with Gasteiger partial charge in [-0.15, -0.1) is 0 Å². The zero-order chi connectivity index (χ0) is 19.4. The Kier molecular flexibility index (Phi) is 5.59. The molecule has 0 bridgehead atoms. The third-order valence-electron chi connectivity index (χ3n) is 4.73. The van der Waals surface area contributed by atoms with E-state index in [1.807, 2.05) is 38.1 Å². The molecule has 0 aliphatic rings. The van der Waals surface area contributed by atoms with E-state index in [9.17, 15) is 4.79 Å². The minimum Gasteiger partial charge on any atom is -0.494 e. The van der Waals surface area contributed by atoms with Gasteiger partial charge in [-0.3, -0.25) is 10.1 Å². The molecule has 1 aromatic carbocycles. The molecule has 27 heavy (non-hydrogen) atoms. The quantitative estimate of drug-likeness (QED) is 0.702. The average molecular weight is 367 g/mol. The number of nitrogens with one attached hydrogen (secondary N) is 2. The predicted octanol–water partition coefficient (Wildman–Crippen LogP) is 2.97. The van der Waals surface area contributed by atoms with E-state index < -0.39 is 0 Å². The summed E-state index contributed by atoms with van der Waals surface area (Å²) in [4.78, 5) is 18.5. The van der Waals surface area contributed by atoms with Crippen molar-refractivity contribution >= 4 is 16.9 Å². The van der Waals surface area contributed by atoms with Gasteiger partial charge in [-0.05, 0) is 43.5 Å². The molecule has 2 aromatic heterocycles. The lowest BCUT2D eigenvalue weighted by molar-refractivity contribution is 0.207. The summed E-state index contributed by atoms with van der Waals surface area (Å²) < 4.78 is 5.38. The van der Waals surface area contributed by atoms with Crippen LogP contribution in [-0.2, 0) is 13.0 Å². The maximum atomic E-state index is 12.5. The Labute approximate surface area is 158 Å². The maximum Gasteiger partial charge on any atom is 0.317 e. The minimum absolute atomic E-state index is 0.110. The number of amides is 2. The van der Waals surface area contributed by atoms with Crippen molar-refractivity contribution in [2.45, 2.75) is 26.8 Å². The number of pyridine rings is 1. The molecule has 3 aromatic rings. The number of H-pyrrole nitrogens is 1. The first-order chi connectivity index (χ1) is 13.0. The molecule has 7 heteroatoms. The number of hydrogen-bond acceptors (Lipinski definition) is 4. The highest BCUT2D eigenvalue weighted by atomic mass is 16.5. The van der Waals surface area contributed by atoms with E-state index >= 15 is 0 Å². The number of carbonyl (C=O) groups is 1. The van der Waals surface area contributed by atoms with Crippen LogP contribution >= 0.6 is 0 Å². The van der Waals surface area contributed by atoms with Gasteiger partial charge in [0.1, 0.15) is 11.3 Å². The van der Waals surface area contributed by atoms with Gasteiger partial charge in [0.2, 0.25) is 0 Å². The van der Waals surface area contributed by atoms with Crippen LogP contribution in [0.3, 0.4) is 0 Å². The molecule has 0 saturated carbocycles. The summed E-state index contributed by atoms with van der Waals surface area (Å²) in [5, 5.41) is 11.1. The van der Waals surface area contributed by atoms with Gasteiger partial charge in [-0.2, -0.15) is 5.10 Å². The van der Waals surface area contributed by atoms with Gasteiger partial charge in [-0.1, -0.05) is 12.1 Å². The number of urea groups is 1. The van der Waals surface area contributed by atoms with Gasteiger partial charge >= 0.3 is 6.03 Å². The number of nitrogens with zero attached hydrogens (tertiary/aromatic N) is 3. The zero-order valence-electron chi connectivity index (χ0n) is 16.2. The molecular weight excluding hydrogens is 342 g/mol. The second-order valence-electron chi connectivity index (χ2n) is 6.58. The van der Waals surface area contributed by atoms with E-state index in [0.717, 1.165) is 45.6 Å². The number of benzene rings is 1. The third kappa shape index (κ3) is 4.02. The second kappa shape index (κ2) is 8.07. The van der Waals surface area contributed by atoms with Gasteiger partial charge < -0.3 is 15.0 Å². The standard InChI is InChI=1S/C20H25N5O2/c1-13-16(14(2)24-23-13)9-11-22-20(26)25(3)12-15-7-8-18(27-4)19-17(15)6-5-10-21-19/h5-8,10H,9,11-12H2,1-4H3,(H,22,26)(H,23,24). The fourth-order valence-corrected chi connectivity index (χ4v) is 3.21. The molecule has 142 valence electrons. The molecule has 0 atom stereocenters. The van der Waals surface area contributed by atoms with Gasteiger partial charge in [0, 0.05) is 37.4 Å².